The first-order valence-electron chi connectivity index (χ1n) is 4.24. The van der Waals surface area contributed by atoms with Crippen LogP contribution in [0.15, 0.2) is 16.9 Å². The predicted octanol–water partition coefficient (Wildman–Crippen LogP) is 0.158. The van der Waals surface area contributed by atoms with Gasteiger partial charge in [-0.2, -0.15) is 0 Å². The van der Waals surface area contributed by atoms with Gasteiger partial charge < -0.3 is 16.2 Å². The highest BCUT2D eigenvalue weighted by Gasteiger charge is 2.14. The van der Waals surface area contributed by atoms with Crippen molar-refractivity contribution >= 4 is 12.2 Å². The van der Waals surface area contributed by atoms with Crippen molar-refractivity contribution in [1.29, 1.82) is 0 Å². The van der Waals surface area contributed by atoms with Gasteiger partial charge in [0.15, 0.2) is 0 Å². The van der Waals surface area contributed by atoms with Crippen LogP contribution in [0.3, 0.4) is 0 Å². The summed E-state index contributed by atoms with van der Waals surface area (Å²) in [6.45, 7) is 5.33. The molecule has 4 N–H and O–H groups in total. The SMILES string of the molecule is CC(C)(C)OC(=O)CN=CC(N)=CN. The zero-order valence-corrected chi connectivity index (χ0v) is 8.78. The number of esters is 1. The third kappa shape index (κ3) is 7.15. The second-order valence-corrected chi connectivity index (χ2v) is 3.72. The van der Waals surface area contributed by atoms with Gasteiger partial charge in [-0.05, 0) is 20.8 Å². The minimum absolute atomic E-state index is 0.0498. The fraction of sp³-hybridized carbons (Fsp3) is 0.556. The molecule has 5 nitrogen and oxygen atoms in total. The van der Waals surface area contributed by atoms with E-state index < -0.39 is 11.6 Å². The van der Waals surface area contributed by atoms with E-state index in [1.807, 2.05) is 0 Å². The summed E-state index contributed by atoms with van der Waals surface area (Å²) >= 11 is 0. The summed E-state index contributed by atoms with van der Waals surface area (Å²) in [4.78, 5) is 14.9. The van der Waals surface area contributed by atoms with Crippen LogP contribution in [0.5, 0.6) is 0 Å². The molecule has 0 aromatic carbocycles. The largest absolute Gasteiger partial charge is 0.459 e. The lowest BCUT2D eigenvalue weighted by Crippen LogP contribution is -2.25. The molecule has 0 saturated heterocycles. The van der Waals surface area contributed by atoms with Crippen LogP contribution in [0.25, 0.3) is 0 Å². The Hall–Kier alpha value is -1.52. The van der Waals surface area contributed by atoms with Crippen molar-refractivity contribution in [2.75, 3.05) is 6.54 Å². The molecule has 0 saturated carbocycles. The monoisotopic (exact) mass is 199 g/mol. The van der Waals surface area contributed by atoms with E-state index in [1.165, 1.54) is 12.4 Å². The van der Waals surface area contributed by atoms with Crippen molar-refractivity contribution in [3.63, 3.8) is 0 Å². The number of ether oxygens (including phenoxy) is 1. The molecule has 0 aromatic rings. The van der Waals surface area contributed by atoms with Gasteiger partial charge in [-0.25, -0.2) is 0 Å². The van der Waals surface area contributed by atoms with Crippen molar-refractivity contribution in [1.82, 2.24) is 0 Å². The van der Waals surface area contributed by atoms with E-state index in [1.54, 1.807) is 20.8 Å². The Balaban J connectivity index is 3.92. The molecular weight excluding hydrogens is 182 g/mol. The van der Waals surface area contributed by atoms with E-state index in [2.05, 4.69) is 4.99 Å². The quantitative estimate of drug-likeness (QED) is 0.500. The molecule has 0 rings (SSSR count). The van der Waals surface area contributed by atoms with Crippen LogP contribution in [0.4, 0.5) is 0 Å². The smallest absolute Gasteiger partial charge is 0.328 e. The van der Waals surface area contributed by atoms with Crippen molar-refractivity contribution in [3.05, 3.63) is 11.9 Å². The Morgan fingerprint density at radius 3 is 2.50 bits per heavy atom. The third-order valence-electron chi connectivity index (χ3n) is 1.07. The molecule has 0 heterocycles. The first-order chi connectivity index (χ1) is 6.35. The van der Waals surface area contributed by atoms with Crippen LogP contribution < -0.4 is 11.5 Å². The predicted molar refractivity (Wildman–Crippen MR) is 55.7 cm³/mol. The Morgan fingerprint density at radius 2 is 2.07 bits per heavy atom. The van der Waals surface area contributed by atoms with E-state index in [-0.39, 0.29) is 6.54 Å². The Kier molecular flexibility index (Phi) is 4.69. The summed E-state index contributed by atoms with van der Waals surface area (Å²) in [5, 5.41) is 0. The number of aliphatic imine (C=N–C) groups is 1. The molecule has 0 aliphatic carbocycles. The van der Waals surface area contributed by atoms with Gasteiger partial charge in [0.25, 0.3) is 0 Å². The lowest BCUT2D eigenvalue weighted by molar-refractivity contribution is -0.152. The second-order valence-electron chi connectivity index (χ2n) is 3.72. The lowest BCUT2D eigenvalue weighted by Gasteiger charge is -2.18. The molecule has 0 aromatic heterocycles. The summed E-state index contributed by atoms with van der Waals surface area (Å²) in [5.41, 5.74) is 10.2. The Labute approximate surface area is 83.8 Å². The van der Waals surface area contributed by atoms with Gasteiger partial charge in [0.05, 0.1) is 5.70 Å². The van der Waals surface area contributed by atoms with Gasteiger partial charge in [-0.3, -0.25) is 9.79 Å². The number of carbonyl (C=O) groups excluding carboxylic acids is 1. The summed E-state index contributed by atoms with van der Waals surface area (Å²) in [5.74, 6) is -0.390. The first-order valence-corrected chi connectivity index (χ1v) is 4.24. The minimum Gasteiger partial charge on any atom is -0.459 e. The van der Waals surface area contributed by atoms with Crippen molar-refractivity contribution in [2.24, 2.45) is 16.5 Å². The third-order valence-corrected chi connectivity index (χ3v) is 1.07. The van der Waals surface area contributed by atoms with Crippen LogP contribution >= 0.6 is 0 Å². The fourth-order valence-corrected chi connectivity index (χ4v) is 0.642. The van der Waals surface area contributed by atoms with Gasteiger partial charge >= 0.3 is 5.97 Å². The highest BCUT2D eigenvalue weighted by Crippen LogP contribution is 2.06. The number of allylic oxidation sites excluding steroid dienone is 1. The van der Waals surface area contributed by atoms with Gasteiger partial charge in [-0.1, -0.05) is 0 Å². The molecule has 0 fully saturated rings. The minimum atomic E-state index is -0.484. The van der Waals surface area contributed by atoms with Crippen LogP contribution in [0.1, 0.15) is 20.8 Å². The summed E-state index contributed by atoms with van der Waals surface area (Å²) in [6, 6.07) is 0. The lowest BCUT2D eigenvalue weighted by atomic mass is 10.2. The Morgan fingerprint density at radius 1 is 1.50 bits per heavy atom. The standard InChI is InChI=1S/C9H17N3O2/c1-9(2,3)14-8(13)6-12-5-7(11)4-10/h4-5H,6,10-11H2,1-3H3. The zero-order chi connectivity index (χ0) is 11.2. The fourth-order valence-electron chi connectivity index (χ4n) is 0.642. The van der Waals surface area contributed by atoms with Gasteiger partial charge in [0.1, 0.15) is 12.1 Å². The first kappa shape index (κ1) is 12.5. The molecule has 0 spiro atoms. The number of carbonyl (C=O) groups is 1. The van der Waals surface area contributed by atoms with E-state index >= 15 is 0 Å². The summed E-state index contributed by atoms with van der Waals surface area (Å²) in [7, 11) is 0. The maximum atomic E-state index is 11.1. The van der Waals surface area contributed by atoms with Crippen LogP contribution in [-0.4, -0.2) is 24.3 Å². The number of hydrogen-bond donors (Lipinski definition) is 2. The van der Waals surface area contributed by atoms with E-state index in [4.69, 9.17) is 16.2 Å². The molecule has 14 heavy (non-hydrogen) atoms. The molecule has 0 radical (unpaired) electrons. The molecular formula is C9H17N3O2. The van der Waals surface area contributed by atoms with Crippen LogP contribution in [0.2, 0.25) is 0 Å². The van der Waals surface area contributed by atoms with Crippen molar-refractivity contribution in [3.8, 4) is 0 Å². The van der Waals surface area contributed by atoms with Gasteiger partial charge in [0.2, 0.25) is 0 Å². The van der Waals surface area contributed by atoms with E-state index in [0.717, 1.165) is 0 Å². The van der Waals surface area contributed by atoms with Crippen LogP contribution in [-0.2, 0) is 9.53 Å². The highest BCUT2D eigenvalue weighted by molar-refractivity contribution is 5.80. The number of nitrogens with zero attached hydrogens (tertiary/aromatic N) is 1. The maximum Gasteiger partial charge on any atom is 0.328 e. The normalized spacial score (nSPS) is 13.2. The molecule has 0 amide bonds. The van der Waals surface area contributed by atoms with Crippen molar-refractivity contribution < 1.29 is 9.53 Å². The van der Waals surface area contributed by atoms with Gasteiger partial charge in [-0.15, -0.1) is 0 Å². The van der Waals surface area contributed by atoms with Crippen LogP contribution in [0, 0.1) is 0 Å². The average Bonchev–Trinajstić information content (AvgIpc) is 2.00. The molecule has 0 unspecified atom stereocenters. The highest BCUT2D eigenvalue weighted by atomic mass is 16.6. The topological polar surface area (TPSA) is 90.7 Å². The molecule has 80 valence electrons. The molecule has 0 aliphatic heterocycles. The zero-order valence-electron chi connectivity index (χ0n) is 8.78. The van der Waals surface area contributed by atoms with E-state index in [9.17, 15) is 4.79 Å². The average molecular weight is 199 g/mol. The molecule has 0 bridgehead atoms. The van der Waals surface area contributed by atoms with Crippen molar-refractivity contribution in [2.45, 2.75) is 26.4 Å². The number of nitrogens with two attached hydrogens (primary N) is 2. The number of hydrogen-bond acceptors (Lipinski definition) is 5. The Bertz CT molecular complexity index is 251. The molecule has 0 aliphatic rings. The number of rotatable bonds is 3. The summed E-state index contributed by atoms with van der Waals surface area (Å²) < 4.78 is 5.01. The summed E-state index contributed by atoms with van der Waals surface area (Å²) in [6.07, 6.45) is 2.53. The maximum absolute atomic E-state index is 11.1. The molecule has 0 atom stereocenters. The van der Waals surface area contributed by atoms with Gasteiger partial charge in [0, 0.05) is 12.4 Å². The second kappa shape index (κ2) is 5.26. The van der Waals surface area contributed by atoms with E-state index in [0.29, 0.717) is 5.70 Å². The molecule has 5 heteroatoms.